The highest BCUT2D eigenvalue weighted by Crippen LogP contribution is 2.37. The Morgan fingerprint density at radius 1 is 1.32 bits per heavy atom. The lowest BCUT2D eigenvalue weighted by atomic mass is 10.1. The average molecular weight is 272 g/mol. The molecule has 106 valence electrons. The molecule has 0 radical (unpaired) electrons. The maximum absolute atomic E-state index is 12.7. The van der Waals surface area contributed by atoms with Crippen molar-refractivity contribution in [2.45, 2.75) is 44.9 Å². The largest absolute Gasteiger partial charge is 0.416 e. The summed E-state index contributed by atoms with van der Waals surface area (Å²) < 4.78 is 38.1. The van der Waals surface area contributed by atoms with Gasteiger partial charge in [-0.05, 0) is 43.0 Å². The van der Waals surface area contributed by atoms with Gasteiger partial charge in [0, 0.05) is 24.8 Å². The molecule has 2 nitrogen and oxygen atoms in total. The minimum atomic E-state index is -4.31. The van der Waals surface area contributed by atoms with E-state index in [1.807, 2.05) is 0 Å². The Bertz CT molecular complexity index is 439. The van der Waals surface area contributed by atoms with Gasteiger partial charge in [-0.1, -0.05) is 6.92 Å². The van der Waals surface area contributed by atoms with E-state index in [1.165, 1.54) is 6.07 Å². The van der Waals surface area contributed by atoms with Crippen LogP contribution < -0.4 is 10.6 Å². The molecule has 0 spiro atoms. The van der Waals surface area contributed by atoms with E-state index in [1.54, 1.807) is 6.07 Å². The molecule has 0 heterocycles. The van der Waals surface area contributed by atoms with Crippen molar-refractivity contribution in [3.05, 3.63) is 29.3 Å². The van der Waals surface area contributed by atoms with E-state index in [4.69, 9.17) is 5.73 Å². The summed E-state index contributed by atoms with van der Waals surface area (Å²) >= 11 is 0. The number of alkyl halides is 3. The normalized spacial score (nSPS) is 15.6. The van der Waals surface area contributed by atoms with E-state index in [0.717, 1.165) is 37.6 Å². The van der Waals surface area contributed by atoms with Crippen LogP contribution in [-0.2, 0) is 12.7 Å². The lowest BCUT2D eigenvalue weighted by Crippen LogP contribution is -2.28. The summed E-state index contributed by atoms with van der Waals surface area (Å²) in [5, 5.41) is 0. The van der Waals surface area contributed by atoms with Gasteiger partial charge in [0.2, 0.25) is 0 Å². The van der Waals surface area contributed by atoms with E-state index in [9.17, 15) is 13.2 Å². The van der Waals surface area contributed by atoms with Crippen LogP contribution in [0, 0.1) is 0 Å². The van der Waals surface area contributed by atoms with Crippen molar-refractivity contribution in [2.75, 3.05) is 11.4 Å². The summed E-state index contributed by atoms with van der Waals surface area (Å²) in [5.41, 5.74) is 6.44. The van der Waals surface area contributed by atoms with Gasteiger partial charge in [-0.2, -0.15) is 13.2 Å². The number of hydrogen-bond acceptors (Lipinski definition) is 2. The molecule has 1 aliphatic rings. The van der Waals surface area contributed by atoms with Crippen molar-refractivity contribution in [2.24, 2.45) is 5.73 Å². The highest BCUT2D eigenvalue weighted by Gasteiger charge is 2.33. The minimum Gasteiger partial charge on any atom is -0.368 e. The van der Waals surface area contributed by atoms with Crippen LogP contribution in [0.4, 0.5) is 18.9 Å². The van der Waals surface area contributed by atoms with Gasteiger partial charge >= 0.3 is 6.18 Å². The van der Waals surface area contributed by atoms with Gasteiger partial charge < -0.3 is 10.6 Å². The first-order chi connectivity index (χ1) is 8.97. The van der Waals surface area contributed by atoms with Crippen molar-refractivity contribution >= 4 is 5.69 Å². The van der Waals surface area contributed by atoms with Gasteiger partial charge in [-0.3, -0.25) is 0 Å². The summed E-state index contributed by atoms with van der Waals surface area (Å²) in [6.07, 6.45) is -1.10. The third-order valence-corrected chi connectivity index (χ3v) is 3.39. The van der Waals surface area contributed by atoms with Crippen LogP contribution in [0.15, 0.2) is 18.2 Å². The molecule has 1 fully saturated rings. The number of nitrogens with two attached hydrogens (primary N) is 1. The Balaban J connectivity index is 2.34. The van der Waals surface area contributed by atoms with Crippen LogP contribution in [0.5, 0.6) is 0 Å². The van der Waals surface area contributed by atoms with E-state index >= 15 is 0 Å². The van der Waals surface area contributed by atoms with Gasteiger partial charge in [0.15, 0.2) is 0 Å². The van der Waals surface area contributed by atoms with Crippen LogP contribution >= 0.6 is 0 Å². The number of hydrogen-bond donors (Lipinski definition) is 1. The van der Waals surface area contributed by atoms with Crippen molar-refractivity contribution in [1.82, 2.24) is 0 Å². The first-order valence-electron chi connectivity index (χ1n) is 6.64. The number of rotatable bonds is 5. The molecule has 0 amide bonds. The third kappa shape index (κ3) is 3.21. The molecule has 0 bridgehead atoms. The molecular weight excluding hydrogens is 253 g/mol. The zero-order valence-corrected chi connectivity index (χ0v) is 11.0. The predicted octanol–water partition coefficient (Wildman–Crippen LogP) is 3.54. The van der Waals surface area contributed by atoms with Gasteiger partial charge in [-0.25, -0.2) is 0 Å². The highest BCUT2D eigenvalue weighted by molar-refractivity contribution is 5.57. The molecule has 1 saturated carbocycles. The van der Waals surface area contributed by atoms with E-state index in [-0.39, 0.29) is 6.54 Å². The second-order valence-corrected chi connectivity index (χ2v) is 4.97. The van der Waals surface area contributed by atoms with Crippen molar-refractivity contribution in [3.63, 3.8) is 0 Å². The Hall–Kier alpha value is -1.23. The molecule has 1 aromatic rings. The maximum atomic E-state index is 12.7. The Kier molecular flexibility index (Phi) is 4.04. The van der Waals surface area contributed by atoms with Crippen molar-refractivity contribution in [3.8, 4) is 0 Å². The van der Waals surface area contributed by atoms with Gasteiger partial charge in [0.05, 0.1) is 5.56 Å². The van der Waals surface area contributed by atoms with E-state index in [2.05, 4.69) is 11.8 Å². The van der Waals surface area contributed by atoms with E-state index in [0.29, 0.717) is 11.6 Å². The summed E-state index contributed by atoms with van der Waals surface area (Å²) in [7, 11) is 0. The second-order valence-electron chi connectivity index (χ2n) is 4.97. The molecule has 5 heteroatoms. The van der Waals surface area contributed by atoms with Crippen LogP contribution in [0.3, 0.4) is 0 Å². The fourth-order valence-corrected chi connectivity index (χ4v) is 2.33. The van der Waals surface area contributed by atoms with Crippen LogP contribution in [0.2, 0.25) is 0 Å². The minimum absolute atomic E-state index is 0.131. The molecule has 19 heavy (non-hydrogen) atoms. The summed E-state index contributed by atoms with van der Waals surface area (Å²) in [6, 6.07) is 4.38. The number of benzene rings is 1. The van der Waals surface area contributed by atoms with Gasteiger partial charge in [0.1, 0.15) is 0 Å². The second kappa shape index (κ2) is 5.41. The number of halogens is 3. The molecule has 0 unspecified atom stereocenters. The Labute approximate surface area is 111 Å². The summed E-state index contributed by atoms with van der Waals surface area (Å²) in [4.78, 5) is 2.20. The average Bonchev–Trinajstić information content (AvgIpc) is 3.18. The highest BCUT2D eigenvalue weighted by atomic mass is 19.4. The van der Waals surface area contributed by atoms with E-state index < -0.39 is 11.7 Å². The smallest absolute Gasteiger partial charge is 0.368 e. The first kappa shape index (κ1) is 14.2. The van der Waals surface area contributed by atoms with Crippen molar-refractivity contribution < 1.29 is 13.2 Å². The number of nitrogens with zero attached hydrogens (tertiary/aromatic N) is 1. The molecule has 0 saturated heterocycles. The van der Waals surface area contributed by atoms with Gasteiger partial charge in [0.25, 0.3) is 0 Å². The van der Waals surface area contributed by atoms with Crippen LogP contribution in [-0.4, -0.2) is 12.6 Å². The van der Waals surface area contributed by atoms with Crippen molar-refractivity contribution in [1.29, 1.82) is 0 Å². The molecule has 2 rings (SSSR count). The monoisotopic (exact) mass is 272 g/mol. The SMILES string of the molecule is CCCN(c1ccc(C(F)(F)F)cc1CN)C1CC1. The van der Waals surface area contributed by atoms with Crippen LogP contribution in [0.1, 0.15) is 37.3 Å². The molecule has 0 aromatic heterocycles. The zero-order chi connectivity index (χ0) is 14.0. The Morgan fingerprint density at radius 2 is 2.00 bits per heavy atom. The molecule has 0 aliphatic heterocycles. The topological polar surface area (TPSA) is 29.3 Å². The predicted molar refractivity (Wildman–Crippen MR) is 70.0 cm³/mol. The standard InChI is InChI=1S/C14H19F3N2/c1-2-7-19(12-4-5-12)13-6-3-11(14(15,16)17)8-10(13)9-18/h3,6,8,12H,2,4-5,7,9,18H2,1H3. The first-order valence-corrected chi connectivity index (χ1v) is 6.64. The lowest BCUT2D eigenvalue weighted by Gasteiger charge is -2.27. The third-order valence-electron chi connectivity index (χ3n) is 3.39. The Morgan fingerprint density at radius 3 is 2.47 bits per heavy atom. The van der Waals surface area contributed by atoms with Gasteiger partial charge in [-0.15, -0.1) is 0 Å². The molecule has 0 atom stereocenters. The summed E-state index contributed by atoms with van der Waals surface area (Å²) in [5.74, 6) is 0. The molecule has 1 aromatic carbocycles. The van der Waals surface area contributed by atoms with Crippen LogP contribution in [0.25, 0.3) is 0 Å². The molecular formula is C14H19F3N2. The fourth-order valence-electron chi connectivity index (χ4n) is 2.33. The molecule has 1 aliphatic carbocycles. The fraction of sp³-hybridized carbons (Fsp3) is 0.571. The summed E-state index contributed by atoms with van der Waals surface area (Å²) in [6.45, 7) is 3.07. The lowest BCUT2D eigenvalue weighted by molar-refractivity contribution is -0.137. The zero-order valence-electron chi connectivity index (χ0n) is 11.0. The molecule has 2 N–H and O–H groups in total. The number of anilines is 1. The quantitative estimate of drug-likeness (QED) is 0.888. The maximum Gasteiger partial charge on any atom is 0.416 e.